The molecule has 1 aliphatic carbocycles. The minimum atomic E-state index is -1.17. The summed E-state index contributed by atoms with van der Waals surface area (Å²) in [7, 11) is 0. The van der Waals surface area contributed by atoms with Gasteiger partial charge < -0.3 is 10.8 Å². The predicted molar refractivity (Wildman–Crippen MR) is 32.5 cm³/mol. The van der Waals surface area contributed by atoms with Crippen LogP contribution in [0, 0.1) is 0 Å². The maximum Gasteiger partial charge on any atom is 0.0600 e. The van der Waals surface area contributed by atoms with Crippen molar-refractivity contribution in [2.75, 3.05) is 0 Å². The third kappa shape index (κ3) is 1.46. The molecule has 0 saturated heterocycles. The van der Waals surface area contributed by atoms with E-state index in [9.17, 15) is 0 Å². The zero-order valence-electron chi connectivity index (χ0n) is 5.93. The summed E-state index contributed by atoms with van der Waals surface area (Å²) < 4.78 is 7.22. The zero-order chi connectivity index (χ0) is 6.91. The molecule has 0 aromatic heterocycles. The van der Waals surface area contributed by atoms with Crippen LogP contribution in [0.15, 0.2) is 0 Å². The monoisotopic (exact) mass is 116 g/mol. The normalized spacial score (nSPS) is 50.8. The molecular weight excluding hydrogens is 102 g/mol. The fourth-order valence-electron chi connectivity index (χ4n) is 0.973. The number of rotatable bonds is 0. The Bertz CT molecular complexity index is 95.2. The SMILES string of the molecule is [2H]C1(O)CCC(N)CC1. The van der Waals surface area contributed by atoms with Crippen molar-refractivity contribution in [3.63, 3.8) is 0 Å². The molecule has 0 amide bonds. The van der Waals surface area contributed by atoms with E-state index in [2.05, 4.69) is 0 Å². The summed E-state index contributed by atoms with van der Waals surface area (Å²) in [5.74, 6) is 0. The van der Waals surface area contributed by atoms with Crippen molar-refractivity contribution in [3.05, 3.63) is 0 Å². The van der Waals surface area contributed by atoms with Gasteiger partial charge in [-0.15, -0.1) is 0 Å². The number of hydrogen-bond acceptors (Lipinski definition) is 2. The van der Waals surface area contributed by atoms with Gasteiger partial charge in [0.2, 0.25) is 0 Å². The Hall–Kier alpha value is -0.0800. The molecule has 0 aromatic carbocycles. The first-order chi connectivity index (χ1) is 4.10. The molecular formula is C6H13NO. The molecule has 3 N–H and O–H groups in total. The van der Waals surface area contributed by atoms with Crippen LogP contribution in [0.1, 0.15) is 27.1 Å². The number of hydrogen-bond donors (Lipinski definition) is 2. The lowest BCUT2D eigenvalue weighted by molar-refractivity contribution is 0.123. The van der Waals surface area contributed by atoms with Gasteiger partial charge in [0.15, 0.2) is 0 Å². The Labute approximate surface area is 51.1 Å². The van der Waals surface area contributed by atoms with Crippen molar-refractivity contribution in [3.8, 4) is 0 Å². The highest BCUT2D eigenvalue weighted by atomic mass is 16.3. The molecule has 1 aliphatic rings. The van der Waals surface area contributed by atoms with E-state index in [1.807, 2.05) is 0 Å². The van der Waals surface area contributed by atoms with Crippen LogP contribution in [0.3, 0.4) is 0 Å². The van der Waals surface area contributed by atoms with Crippen LogP contribution in [0.25, 0.3) is 0 Å². The molecule has 0 aromatic rings. The van der Waals surface area contributed by atoms with E-state index in [0.29, 0.717) is 12.8 Å². The lowest BCUT2D eigenvalue weighted by Gasteiger charge is -2.21. The molecule has 0 spiro atoms. The van der Waals surface area contributed by atoms with Crippen molar-refractivity contribution in [2.45, 2.75) is 37.8 Å². The fourth-order valence-corrected chi connectivity index (χ4v) is 0.973. The molecule has 1 saturated carbocycles. The van der Waals surface area contributed by atoms with E-state index in [1.165, 1.54) is 0 Å². The lowest BCUT2D eigenvalue weighted by Crippen LogP contribution is -2.28. The van der Waals surface area contributed by atoms with Gasteiger partial charge in [0.25, 0.3) is 0 Å². The topological polar surface area (TPSA) is 46.2 Å². The van der Waals surface area contributed by atoms with Crippen LogP contribution in [-0.2, 0) is 0 Å². The van der Waals surface area contributed by atoms with Crippen LogP contribution < -0.4 is 5.73 Å². The van der Waals surface area contributed by atoms with Crippen LogP contribution in [0.2, 0.25) is 0 Å². The molecule has 0 radical (unpaired) electrons. The number of aliphatic hydroxyl groups is 1. The van der Waals surface area contributed by atoms with Crippen molar-refractivity contribution in [2.24, 2.45) is 5.73 Å². The molecule has 8 heavy (non-hydrogen) atoms. The quantitative estimate of drug-likeness (QED) is 0.476. The third-order valence-electron chi connectivity index (χ3n) is 1.61. The lowest BCUT2D eigenvalue weighted by atomic mass is 9.94. The van der Waals surface area contributed by atoms with Gasteiger partial charge in [-0.2, -0.15) is 0 Å². The molecule has 2 nitrogen and oxygen atoms in total. The van der Waals surface area contributed by atoms with Gasteiger partial charge in [-0.1, -0.05) is 0 Å². The standard InChI is InChI=1S/C6H13NO/c7-5-1-3-6(8)4-2-5/h5-6,8H,1-4,7H2/i6D. The van der Waals surface area contributed by atoms with Gasteiger partial charge in [-0.3, -0.25) is 0 Å². The van der Waals surface area contributed by atoms with E-state index in [0.717, 1.165) is 12.8 Å². The second-order valence-electron chi connectivity index (χ2n) is 2.40. The third-order valence-corrected chi connectivity index (χ3v) is 1.61. The minimum Gasteiger partial charge on any atom is -0.393 e. The molecule has 0 unspecified atom stereocenters. The van der Waals surface area contributed by atoms with E-state index in [4.69, 9.17) is 12.2 Å². The van der Waals surface area contributed by atoms with Crippen LogP contribution >= 0.6 is 0 Å². The molecule has 2 heteroatoms. The summed E-state index contributed by atoms with van der Waals surface area (Å²) in [6.45, 7) is 0. The smallest absolute Gasteiger partial charge is 0.0600 e. The summed E-state index contributed by atoms with van der Waals surface area (Å²) in [5.41, 5.74) is 5.56. The largest absolute Gasteiger partial charge is 0.393 e. The average molecular weight is 116 g/mol. The van der Waals surface area contributed by atoms with Crippen LogP contribution in [0.5, 0.6) is 0 Å². The van der Waals surface area contributed by atoms with Crippen LogP contribution in [-0.4, -0.2) is 17.2 Å². The first-order valence-electron chi connectivity index (χ1n) is 3.58. The van der Waals surface area contributed by atoms with Crippen molar-refractivity contribution in [1.29, 1.82) is 0 Å². The second kappa shape index (κ2) is 2.46. The Kier molecular flexibility index (Phi) is 1.47. The van der Waals surface area contributed by atoms with Gasteiger partial charge in [-0.25, -0.2) is 0 Å². The second-order valence-corrected chi connectivity index (χ2v) is 2.40. The summed E-state index contributed by atoms with van der Waals surface area (Å²) in [4.78, 5) is 0. The average Bonchev–Trinajstić information content (AvgIpc) is 1.78. The van der Waals surface area contributed by atoms with Gasteiger partial charge >= 0.3 is 0 Å². The Morgan fingerprint density at radius 1 is 1.38 bits per heavy atom. The van der Waals surface area contributed by atoms with Gasteiger partial charge in [-0.05, 0) is 25.7 Å². The molecule has 48 valence electrons. The molecule has 0 aliphatic heterocycles. The van der Waals surface area contributed by atoms with E-state index >= 15 is 0 Å². The Balaban J connectivity index is 2.35. The van der Waals surface area contributed by atoms with E-state index in [1.54, 1.807) is 0 Å². The molecule has 0 bridgehead atoms. The molecule has 0 heterocycles. The van der Waals surface area contributed by atoms with Gasteiger partial charge in [0.1, 0.15) is 0 Å². The highest BCUT2D eigenvalue weighted by Crippen LogP contribution is 2.15. The number of nitrogens with two attached hydrogens (primary N) is 1. The van der Waals surface area contributed by atoms with Gasteiger partial charge in [0, 0.05) is 6.04 Å². The highest BCUT2D eigenvalue weighted by Gasteiger charge is 2.14. The predicted octanol–water partition coefficient (Wildman–Crippen LogP) is 0.249. The summed E-state index contributed by atoms with van der Waals surface area (Å²) in [6.07, 6.45) is 1.48. The zero-order valence-corrected chi connectivity index (χ0v) is 4.93. The fraction of sp³-hybridized carbons (Fsp3) is 1.00. The Morgan fingerprint density at radius 2 is 1.88 bits per heavy atom. The van der Waals surface area contributed by atoms with Crippen molar-refractivity contribution in [1.82, 2.24) is 0 Å². The summed E-state index contributed by atoms with van der Waals surface area (Å²) in [6, 6.07) is 0.218. The van der Waals surface area contributed by atoms with Crippen LogP contribution in [0.4, 0.5) is 0 Å². The first kappa shape index (κ1) is 4.77. The minimum absolute atomic E-state index is 0.218. The van der Waals surface area contributed by atoms with Crippen molar-refractivity contribution < 1.29 is 6.48 Å². The van der Waals surface area contributed by atoms with E-state index in [-0.39, 0.29) is 6.04 Å². The summed E-state index contributed by atoms with van der Waals surface area (Å²) in [5, 5.41) is 9.10. The molecule has 1 fully saturated rings. The maximum absolute atomic E-state index is 9.10. The Morgan fingerprint density at radius 3 is 2.25 bits per heavy atom. The first-order valence-corrected chi connectivity index (χ1v) is 3.08. The molecule has 1 rings (SSSR count). The van der Waals surface area contributed by atoms with Crippen molar-refractivity contribution >= 4 is 0 Å². The maximum atomic E-state index is 9.10. The van der Waals surface area contributed by atoms with E-state index < -0.39 is 6.08 Å². The highest BCUT2D eigenvalue weighted by molar-refractivity contribution is 4.72. The van der Waals surface area contributed by atoms with Gasteiger partial charge in [0.05, 0.1) is 7.45 Å². The molecule has 0 atom stereocenters. The summed E-state index contributed by atoms with van der Waals surface area (Å²) >= 11 is 0.